The number of aromatic amines is 2. The largest absolute Gasteiger partial charge is 0.497 e. The molecule has 10 nitrogen and oxygen atoms in total. The van der Waals surface area contributed by atoms with Gasteiger partial charge < -0.3 is 19.6 Å². The van der Waals surface area contributed by atoms with Crippen LogP contribution in [-0.2, 0) is 6.42 Å². The number of carbonyl (C=O) groups is 1. The highest BCUT2D eigenvalue weighted by Crippen LogP contribution is 2.33. The number of nitrogens with zero attached hydrogens (tertiary/aromatic N) is 3. The molecule has 11 heteroatoms. The highest BCUT2D eigenvalue weighted by molar-refractivity contribution is 5.91. The molecule has 0 saturated heterocycles. The molecule has 0 fully saturated rings. The quantitative estimate of drug-likeness (QED) is 0.314. The van der Waals surface area contributed by atoms with Gasteiger partial charge in [-0.05, 0) is 41.5 Å². The number of halogens is 1. The Morgan fingerprint density at radius 3 is 2.65 bits per heavy atom. The Morgan fingerprint density at radius 2 is 1.92 bits per heavy atom. The van der Waals surface area contributed by atoms with E-state index in [-0.39, 0.29) is 11.5 Å². The van der Waals surface area contributed by atoms with Crippen molar-refractivity contribution in [1.82, 2.24) is 20.2 Å². The Kier molecular flexibility index (Phi) is 5.96. The third-order valence-corrected chi connectivity index (χ3v) is 6.15. The minimum atomic E-state index is -1.16. The molecule has 2 aromatic heterocycles. The number of carboxylic acid groups (broad SMARTS) is 1. The van der Waals surface area contributed by atoms with Gasteiger partial charge in [-0.3, -0.25) is 9.69 Å². The summed E-state index contributed by atoms with van der Waals surface area (Å²) in [5.74, 6) is 0.650. The first-order chi connectivity index (χ1) is 17.8. The van der Waals surface area contributed by atoms with E-state index in [1.54, 1.807) is 42.5 Å². The van der Waals surface area contributed by atoms with Crippen LogP contribution in [0.25, 0.3) is 32.9 Å². The number of ether oxygens (including phenoxy) is 2. The topological polar surface area (TPSA) is 133 Å². The van der Waals surface area contributed by atoms with Gasteiger partial charge in [0.25, 0.3) is 5.56 Å². The molecular formula is C26H22FN5O5. The number of hydrogen-bond acceptors (Lipinski definition) is 6. The van der Waals surface area contributed by atoms with E-state index in [0.717, 1.165) is 10.5 Å². The fourth-order valence-corrected chi connectivity index (χ4v) is 4.21. The van der Waals surface area contributed by atoms with Gasteiger partial charge in [-0.15, -0.1) is 0 Å². The van der Waals surface area contributed by atoms with Crippen LogP contribution in [0.15, 0.2) is 53.3 Å². The number of rotatable bonds is 6. The molecule has 0 unspecified atom stereocenters. The summed E-state index contributed by atoms with van der Waals surface area (Å²) in [5, 5.41) is 16.9. The highest BCUT2D eigenvalue weighted by atomic mass is 19.1. The van der Waals surface area contributed by atoms with Gasteiger partial charge in [-0.1, -0.05) is 12.1 Å². The molecule has 37 heavy (non-hydrogen) atoms. The number of H-pyrrole nitrogens is 2. The number of amides is 1. The van der Waals surface area contributed by atoms with Gasteiger partial charge in [-0.25, -0.2) is 19.3 Å². The lowest BCUT2D eigenvalue weighted by Crippen LogP contribution is -2.24. The van der Waals surface area contributed by atoms with Crippen molar-refractivity contribution in [3.63, 3.8) is 0 Å². The second-order valence-corrected chi connectivity index (χ2v) is 8.38. The third-order valence-electron chi connectivity index (χ3n) is 6.15. The SMILES string of the molecule is COc1cc(OC)c2c(Cc3ccc(F)c(-c4ccc5[nH]c(N(C)C(=O)O)nc5c4)c3)n[nH]c(=O)c2c1. The first kappa shape index (κ1) is 23.8. The number of nitrogens with one attached hydrogen (secondary N) is 2. The summed E-state index contributed by atoms with van der Waals surface area (Å²) in [7, 11) is 4.38. The molecule has 0 bridgehead atoms. The summed E-state index contributed by atoms with van der Waals surface area (Å²) in [5.41, 5.74) is 2.96. The minimum absolute atomic E-state index is 0.162. The number of aromatic nitrogens is 4. The van der Waals surface area contributed by atoms with Crippen molar-refractivity contribution in [2.45, 2.75) is 6.42 Å². The zero-order valence-corrected chi connectivity index (χ0v) is 20.1. The number of benzene rings is 3. The second kappa shape index (κ2) is 9.26. The molecule has 1 amide bonds. The summed E-state index contributed by atoms with van der Waals surface area (Å²) in [4.78, 5) is 31.9. The molecule has 3 aromatic carbocycles. The summed E-state index contributed by atoms with van der Waals surface area (Å²) >= 11 is 0. The molecule has 0 atom stereocenters. The average molecular weight is 503 g/mol. The summed E-state index contributed by atoms with van der Waals surface area (Å²) < 4.78 is 25.7. The standard InChI is InChI=1S/C26H22FN5O5/c1-32(26(34)35)25-28-19-7-5-14(10-20(19)29-25)16-8-13(4-6-18(16)27)9-21-23-17(24(33)31-30-21)11-15(36-2)12-22(23)37-3/h4-8,10-12H,9H2,1-3H3,(H,28,29)(H,31,33)(H,34,35). The number of methoxy groups -OCH3 is 2. The molecule has 0 aliphatic carbocycles. The Balaban J connectivity index is 1.56. The zero-order valence-electron chi connectivity index (χ0n) is 20.1. The molecular weight excluding hydrogens is 481 g/mol. The average Bonchev–Trinajstić information content (AvgIpc) is 3.33. The Bertz CT molecular complexity index is 1730. The van der Waals surface area contributed by atoms with Gasteiger partial charge in [0.05, 0.1) is 41.7 Å². The van der Waals surface area contributed by atoms with Crippen LogP contribution in [0.4, 0.5) is 15.1 Å². The van der Waals surface area contributed by atoms with E-state index in [4.69, 9.17) is 9.47 Å². The van der Waals surface area contributed by atoms with Crippen LogP contribution >= 0.6 is 0 Å². The van der Waals surface area contributed by atoms with Crippen molar-refractivity contribution in [2.24, 2.45) is 0 Å². The van der Waals surface area contributed by atoms with Gasteiger partial charge in [0, 0.05) is 25.1 Å². The predicted molar refractivity (Wildman–Crippen MR) is 136 cm³/mol. The Labute approximate surface area is 209 Å². The van der Waals surface area contributed by atoms with Crippen LogP contribution in [0, 0.1) is 5.82 Å². The smallest absolute Gasteiger partial charge is 0.413 e. The van der Waals surface area contributed by atoms with Gasteiger partial charge in [-0.2, -0.15) is 5.10 Å². The van der Waals surface area contributed by atoms with Crippen molar-refractivity contribution in [1.29, 1.82) is 0 Å². The van der Waals surface area contributed by atoms with Crippen molar-refractivity contribution in [3.8, 4) is 22.6 Å². The van der Waals surface area contributed by atoms with Crippen molar-refractivity contribution in [3.05, 3.63) is 76.0 Å². The van der Waals surface area contributed by atoms with E-state index < -0.39 is 11.9 Å². The number of hydrogen-bond donors (Lipinski definition) is 3. The van der Waals surface area contributed by atoms with E-state index in [1.165, 1.54) is 27.3 Å². The first-order valence-corrected chi connectivity index (χ1v) is 11.2. The van der Waals surface area contributed by atoms with Gasteiger partial charge in [0.2, 0.25) is 5.95 Å². The summed E-state index contributed by atoms with van der Waals surface area (Å²) in [6, 6.07) is 13.2. The molecule has 5 aromatic rings. The maximum absolute atomic E-state index is 14.9. The van der Waals surface area contributed by atoms with E-state index in [1.807, 2.05) is 0 Å². The zero-order chi connectivity index (χ0) is 26.3. The van der Waals surface area contributed by atoms with Crippen LogP contribution < -0.4 is 19.9 Å². The predicted octanol–water partition coefficient (Wildman–Crippen LogP) is 4.33. The van der Waals surface area contributed by atoms with Crippen LogP contribution in [0.2, 0.25) is 0 Å². The van der Waals surface area contributed by atoms with Crippen LogP contribution in [0.5, 0.6) is 11.5 Å². The van der Waals surface area contributed by atoms with Gasteiger partial charge >= 0.3 is 6.09 Å². The molecule has 0 saturated carbocycles. The summed E-state index contributed by atoms with van der Waals surface area (Å²) in [6.07, 6.45) is -0.863. The van der Waals surface area contributed by atoms with Crippen LogP contribution in [-0.4, -0.2) is 52.6 Å². The van der Waals surface area contributed by atoms with Crippen molar-refractivity contribution < 1.29 is 23.8 Å². The molecule has 188 valence electrons. The van der Waals surface area contributed by atoms with E-state index in [0.29, 0.717) is 56.5 Å². The molecule has 0 aliphatic heterocycles. The lowest BCUT2D eigenvalue weighted by Gasteiger charge is -2.12. The summed E-state index contributed by atoms with van der Waals surface area (Å²) in [6.45, 7) is 0. The monoisotopic (exact) mass is 503 g/mol. The maximum atomic E-state index is 14.9. The fourth-order valence-electron chi connectivity index (χ4n) is 4.21. The Hall–Kier alpha value is -4.93. The molecule has 0 spiro atoms. The lowest BCUT2D eigenvalue weighted by molar-refractivity contribution is 0.203. The highest BCUT2D eigenvalue weighted by Gasteiger charge is 2.17. The fraction of sp³-hybridized carbons (Fsp3) is 0.154. The van der Waals surface area contributed by atoms with E-state index >= 15 is 0 Å². The van der Waals surface area contributed by atoms with Crippen molar-refractivity contribution >= 4 is 33.8 Å². The van der Waals surface area contributed by atoms with Crippen molar-refractivity contribution in [2.75, 3.05) is 26.2 Å². The molecule has 0 aliphatic rings. The van der Waals surface area contributed by atoms with Gasteiger partial charge in [0.15, 0.2) is 0 Å². The minimum Gasteiger partial charge on any atom is -0.497 e. The van der Waals surface area contributed by atoms with Gasteiger partial charge in [0.1, 0.15) is 17.3 Å². The van der Waals surface area contributed by atoms with Crippen LogP contribution in [0.3, 0.4) is 0 Å². The molecule has 0 radical (unpaired) electrons. The lowest BCUT2D eigenvalue weighted by atomic mass is 9.98. The number of imidazole rings is 1. The molecule has 2 heterocycles. The number of fused-ring (bicyclic) bond motifs is 2. The normalized spacial score (nSPS) is 11.1. The van der Waals surface area contributed by atoms with E-state index in [2.05, 4.69) is 20.2 Å². The van der Waals surface area contributed by atoms with E-state index in [9.17, 15) is 19.1 Å². The number of anilines is 1. The first-order valence-electron chi connectivity index (χ1n) is 11.2. The Morgan fingerprint density at radius 1 is 1.11 bits per heavy atom. The maximum Gasteiger partial charge on any atom is 0.413 e. The van der Waals surface area contributed by atoms with Crippen LogP contribution in [0.1, 0.15) is 11.3 Å². The molecule has 5 rings (SSSR count). The third kappa shape index (κ3) is 4.31. The second-order valence-electron chi connectivity index (χ2n) is 8.38. The molecule has 3 N–H and O–H groups in total.